The largest absolute Gasteiger partial charge is 0.350 e. The van der Waals surface area contributed by atoms with Gasteiger partial charge < -0.3 is 16.0 Å². The summed E-state index contributed by atoms with van der Waals surface area (Å²) < 4.78 is 0. The van der Waals surface area contributed by atoms with E-state index in [0.717, 1.165) is 38.5 Å². The Balaban J connectivity index is 1.70. The molecule has 1 aliphatic heterocycles. The molecule has 2 amide bonds. The molecular formula is C17H29N3O2. The van der Waals surface area contributed by atoms with E-state index in [2.05, 4.69) is 5.32 Å². The molecule has 1 saturated heterocycles. The van der Waals surface area contributed by atoms with Crippen molar-refractivity contribution in [2.75, 3.05) is 13.1 Å². The zero-order valence-electron chi connectivity index (χ0n) is 13.5. The van der Waals surface area contributed by atoms with Crippen LogP contribution in [-0.4, -0.2) is 41.9 Å². The lowest BCUT2D eigenvalue weighted by Gasteiger charge is -2.45. The standard InChI is InChI=1S/C17H29N3O2/c18-12-17(8-4-1-5-9-17)10-16(22)20-11-15(21)19-13-6-2-3-7-14(13)20/h13-14H,1-12,18H2,(H,19,21). The molecule has 5 nitrogen and oxygen atoms in total. The maximum atomic E-state index is 12.9. The molecule has 5 heteroatoms. The number of piperazine rings is 1. The summed E-state index contributed by atoms with van der Waals surface area (Å²) in [6, 6.07) is 0.372. The number of rotatable bonds is 3. The van der Waals surface area contributed by atoms with Gasteiger partial charge >= 0.3 is 0 Å². The molecule has 22 heavy (non-hydrogen) atoms. The molecule has 2 atom stereocenters. The molecule has 0 spiro atoms. The second-order valence-corrected chi connectivity index (χ2v) is 7.49. The van der Waals surface area contributed by atoms with Crippen LogP contribution >= 0.6 is 0 Å². The van der Waals surface area contributed by atoms with Gasteiger partial charge in [-0.25, -0.2) is 0 Å². The summed E-state index contributed by atoms with van der Waals surface area (Å²) in [4.78, 5) is 26.7. The molecule has 2 unspecified atom stereocenters. The molecule has 124 valence electrons. The fourth-order valence-corrected chi connectivity index (χ4v) is 4.63. The first-order valence-corrected chi connectivity index (χ1v) is 8.92. The van der Waals surface area contributed by atoms with Gasteiger partial charge in [0.1, 0.15) is 0 Å². The number of carbonyl (C=O) groups is 2. The molecule has 0 aromatic rings. The zero-order valence-corrected chi connectivity index (χ0v) is 13.5. The van der Waals surface area contributed by atoms with Gasteiger partial charge in [-0.2, -0.15) is 0 Å². The van der Waals surface area contributed by atoms with Crippen molar-refractivity contribution in [3.05, 3.63) is 0 Å². The van der Waals surface area contributed by atoms with E-state index in [-0.39, 0.29) is 35.9 Å². The lowest BCUT2D eigenvalue weighted by molar-refractivity contribution is -0.146. The van der Waals surface area contributed by atoms with Crippen LogP contribution in [0.15, 0.2) is 0 Å². The molecule has 0 radical (unpaired) electrons. The molecule has 1 heterocycles. The van der Waals surface area contributed by atoms with E-state index in [4.69, 9.17) is 5.73 Å². The highest BCUT2D eigenvalue weighted by atomic mass is 16.2. The average molecular weight is 307 g/mol. The quantitative estimate of drug-likeness (QED) is 0.831. The van der Waals surface area contributed by atoms with Crippen LogP contribution in [0.2, 0.25) is 0 Å². The minimum atomic E-state index is -0.0204. The van der Waals surface area contributed by atoms with Gasteiger partial charge in [-0.1, -0.05) is 32.1 Å². The Bertz CT molecular complexity index is 432. The number of carbonyl (C=O) groups excluding carboxylic acids is 2. The molecule has 2 aliphatic carbocycles. The van der Waals surface area contributed by atoms with Crippen molar-refractivity contribution in [2.24, 2.45) is 11.1 Å². The van der Waals surface area contributed by atoms with Crippen LogP contribution in [0.4, 0.5) is 0 Å². The van der Waals surface area contributed by atoms with E-state index < -0.39 is 0 Å². The van der Waals surface area contributed by atoms with Gasteiger partial charge in [0, 0.05) is 12.5 Å². The fourth-order valence-electron chi connectivity index (χ4n) is 4.63. The van der Waals surface area contributed by atoms with Crippen LogP contribution in [0.25, 0.3) is 0 Å². The minimum Gasteiger partial charge on any atom is -0.350 e. The Morgan fingerprint density at radius 2 is 1.91 bits per heavy atom. The Morgan fingerprint density at radius 1 is 1.18 bits per heavy atom. The first-order chi connectivity index (χ1) is 10.6. The third-order valence-corrected chi connectivity index (χ3v) is 5.98. The number of fused-ring (bicyclic) bond motifs is 1. The van der Waals surface area contributed by atoms with Crippen molar-refractivity contribution in [3.63, 3.8) is 0 Å². The van der Waals surface area contributed by atoms with Crippen molar-refractivity contribution in [1.29, 1.82) is 0 Å². The summed E-state index contributed by atoms with van der Waals surface area (Å²) >= 11 is 0. The predicted molar refractivity (Wildman–Crippen MR) is 85.1 cm³/mol. The molecule has 3 N–H and O–H groups in total. The molecule has 3 fully saturated rings. The summed E-state index contributed by atoms with van der Waals surface area (Å²) in [6.07, 6.45) is 10.6. The zero-order chi connectivity index (χ0) is 15.6. The maximum Gasteiger partial charge on any atom is 0.239 e. The lowest BCUT2D eigenvalue weighted by Crippen LogP contribution is -2.63. The Morgan fingerprint density at radius 3 is 2.64 bits per heavy atom. The number of hydrogen-bond donors (Lipinski definition) is 2. The minimum absolute atomic E-state index is 0.00180. The van der Waals surface area contributed by atoms with Gasteiger partial charge in [0.2, 0.25) is 11.8 Å². The van der Waals surface area contributed by atoms with E-state index in [1.54, 1.807) is 0 Å². The van der Waals surface area contributed by atoms with Gasteiger partial charge in [-0.05, 0) is 37.6 Å². The van der Waals surface area contributed by atoms with Crippen molar-refractivity contribution in [1.82, 2.24) is 10.2 Å². The monoisotopic (exact) mass is 307 g/mol. The van der Waals surface area contributed by atoms with Crippen molar-refractivity contribution in [2.45, 2.75) is 76.3 Å². The van der Waals surface area contributed by atoms with Crippen LogP contribution in [-0.2, 0) is 9.59 Å². The molecule has 0 aromatic carbocycles. The second kappa shape index (κ2) is 6.57. The Kier molecular flexibility index (Phi) is 4.71. The Hall–Kier alpha value is -1.10. The first-order valence-electron chi connectivity index (χ1n) is 8.92. The summed E-state index contributed by atoms with van der Waals surface area (Å²) in [7, 11) is 0. The predicted octanol–water partition coefficient (Wildman–Crippen LogP) is 1.56. The summed E-state index contributed by atoms with van der Waals surface area (Å²) in [5.41, 5.74) is 6.00. The van der Waals surface area contributed by atoms with Crippen LogP contribution in [0, 0.1) is 5.41 Å². The normalized spacial score (nSPS) is 31.3. The first kappa shape index (κ1) is 15.8. The van der Waals surface area contributed by atoms with Gasteiger partial charge in [0.05, 0.1) is 12.6 Å². The molecule has 0 aromatic heterocycles. The van der Waals surface area contributed by atoms with Gasteiger partial charge in [0.25, 0.3) is 0 Å². The highest BCUT2D eigenvalue weighted by Gasteiger charge is 2.41. The van der Waals surface area contributed by atoms with Crippen molar-refractivity contribution >= 4 is 11.8 Å². The van der Waals surface area contributed by atoms with E-state index in [1.807, 2.05) is 4.90 Å². The number of hydrogen-bond acceptors (Lipinski definition) is 3. The third-order valence-electron chi connectivity index (χ3n) is 5.98. The highest BCUT2D eigenvalue weighted by molar-refractivity contribution is 5.87. The van der Waals surface area contributed by atoms with Crippen LogP contribution < -0.4 is 11.1 Å². The van der Waals surface area contributed by atoms with E-state index in [1.165, 1.54) is 19.3 Å². The number of nitrogens with two attached hydrogens (primary N) is 1. The van der Waals surface area contributed by atoms with E-state index in [9.17, 15) is 9.59 Å². The second-order valence-electron chi connectivity index (χ2n) is 7.49. The molecule has 0 bridgehead atoms. The average Bonchev–Trinajstić information content (AvgIpc) is 2.54. The highest BCUT2D eigenvalue weighted by Crippen LogP contribution is 2.39. The SMILES string of the molecule is NCC1(CC(=O)N2CC(=O)NC3CCCCC32)CCCCC1. The van der Waals surface area contributed by atoms with Crippen LogP contribution in [0.1, 0.15) is 64.2 Å². The van der Waals surface area contributed by atoms with Crippen LogP contribution in [0.5, 0.6) is 0 Å². The van der Waals surface area contributed by atoms with Crippen molar-refractivity contribution < 1.29 is 9.59 Å². The third kappa shape index (κ3) is 3.14. The molecule has 3 rings (SSSR count). The summed E-state index contributed by atoms with van der Waals surface area (Å²) in [5, 5.41) is 3.07. The van der Waals surface area contributed by atoms with E-state index >= 15 is 0 Å². The smallest absolute Gasteiger partial charge is 0.239 e. The topological polar surface area (TPSA) is 75.4 Å². The molecule has 2 saturated carbocycles. The maximum absolute atomic E-state index is 12.9. The number of amides is 2. The van der Waals surface area contributed by atoms with Gasteiger partial charge in [-0.15, -0.1) is 0 Å². The van der Waals surface area contributed by atoms with Crippen LogP contribution in [0.3, 0.4) is 0 Å². The number of nitrogens with zero attached hydrogens (tertiary/aromatic N) is 1. The lowest BCUT2D eigenvalue weighted by atomic mass is 9.71. The fraction of sp³-hybridized carbons (Fsp3) is 0.882. The van der Waals surface area contributed by atoms with Crippen molar-refractivity contribution in [3.8, 4) is 0 Å². The molecule has 3 aliphatic rings. The Labute approximate surface area is 133 Å². The van der Waals surface area contributed by atoms with E-state index in [0.29, 0.717) is 13.0 Å². The molecular weight excluding hydrogens is 278 g/mol. The summed E-state index contributed by atoms with van der Waals surface area (Å²) in [5.74, 6) is 0.154. The van der Waals surface area contributed by atoms with Gasteiger partial charge in [0.15, 0.2) is 0 Å². The number of nitrogens with one attached hydrogen (secondary N) is 1. The summed E-state index contributed by atoms with van der Waals surface area (Å²) in [6.45, 7) is 0.827. The van der Waals surface area contributed by atoms with Gasteiger partial charge in [-0.3, -0.25) is 9.59 Å².